The summed E-state index contributed by atoms with van der Waals surface area (Å²) < 4.78 is 10.8. The Labute approximate surface area is 95.9 Å². The van der Waals surface area contributed by atoms with Crippen molar-refractivity contribution in [2.75, 3.05) is 7.11 Å². The van der Waals surface area contributed by atoms with Crippen LogP contribution in [0.25, 0.3) is 0 Å². The van der Waals surface area contributed by atoms with Crippen LogP contribution in [0.1, 0.15) is 18.9 Å². The first-order valence-electron chi connectivity index (χ1n) is 5.23. The van der Waals surface area contributed by atoms with Gasteiger partial charge in [0, 0.05) is 0 Å². The molecule has 0 aromatic heterocycles. The number of nitrogens with one attached hydrogen (secondary N) is 1. The van der Waals surface area contributed by atoms with Gasteiger partial charge in [-0.3, -0.25) is 5.41 Å². The van der Waals surface area contributed by atoms with E-state index in [1.165, 1.54) is 0 Å². The number of nitrogens with two attached hydrogens (primary N) is 1. The van der Waals surface area contributed by atoms with E-state index in [0.717, 1.165) is 5.56 Å². The summed E-state index contributed by atoms with van der Waals surface area (Å²) >= 11 is 0. The number of aryl methyl sites for hydroxylation is 1. The largest absolute Gasteiger partial charge is 0.493 e. The highest BCUT2D eigenvalue weighted by atomic mass is 16.5. The van der Waals surface area contributed by atoms with Crippen molar-refractivity contribution in [2.24, 2.45) is 5.73 Å². The van der Waals surface area contributed by atoms with Gasteiger partial charge in [-0.1, -0.05) is 13.0 Å². The smallest absolute Gasteiger partial charge is 0.162 e. The molecule has 0 fully saturated rings. The SMILES string of the molecule is CCC(Oc1ccc(C)cc1OC)C(=N)N. The Balaban J connectivity index is 2.91. The number of hydrogen-bond donors (Lipinski definition) is 2. The first-order valence-corrected chi connectivity index (χ1v) is 5.23. The standard InChI is InChI=1S/C12H18N2O2/c1-4-9(12(13)14)16-10-6-5-8(2)7-11(10)15-3/h5-7,9H,4H2,1-3H3,(H3,13,14). The van der Waals surface area contributed by atoms with Crippen molar-refractivity contribution >= 4 is 5.84 Å². The topological polar surface area (TPSA) is 68.3 Å². The maximum Gasteiger partial charge on any atom is 0.162 e. The molecule has 0 heterocycles. The molecular weight excluding hydrogens is 204 g/mol. The van der Waals surface area contributed by atoms with Gasteiger partial charge < -0.3 is 15.2 Å². The number of methoxy groups -OCH3 is 1. The molecule has 4 nitrogen and oxygen atoms in total. The van der Waals surface area contributed by atoms with Gasteiger partial charge in [0.1, 0.15) is 5.84 Å². The molecule has 3 N–H and O–H groups in total. The first kappa shape index (κ1) is 12.4. The van der Waals surface area contributed by atoms with Crippen LogP contribution in [0.5, 0.6) is 11.5 Å². The fourth-order valence-corrected chi connectivity index (χ4v) is 1.39. The van der Waals surface area contributed by atoms with Gasteiger partial charge in [-0.15, -0.1) is 0 Å². The molecule has 1 atom stereocenters. The van der Waals surface area contributed by atoms with E-state index in [9.17, 15) is 0 Å². The maximum atomic E-state index is 7.38. The molecule has 1 rings (SSSR count). The van der Waals surface area contributed by atoms with Crippen molar-refractivity contribution in [1.82, 2.24) is 0 Å². The van der Waals surface area contributed by atoms with Gasteiger partial charge in [0.05, 0.1) is 7.11 Å². The van der Waals surface area contributed by atoms with Crippen molar-refractivity contribution in [3.8, 4) is 11.5 Å². The van der Waals surface area contributed by atoms with Crippen LogP contribution < -0.4 is 15.2 Å². The first-order chi connectivity index (χ1) is 7.58. The summed E-state index contributed by atoms with van der Waals surface area (Å²) in [5, 5.41) is 7.38. The van der Waals surface area contributed by atoms with E-state index in [1.54, 1.807) is 7.11 Å². The summed E-state index contributed by atoms with van der Waals surface area (Å²) in [5.41, 5.74) is 6.53. The van der Waals surface area contributed by atoms with Crippen LogP contribution in [0.4, 0.5) is 0 Å². The second kappa shape index (κ2) is 5.39. The molecule has 0 radical (unpaired) electrons. The fourth-order valence-electron chi connectivity index (χ4n) is 1.39. The van der Waals surface area contributed by atoms with Crippen molar-refractivity contribution in [3.05, 3.63) is 23.8 Å². The van der Waals surface area contributed by atoms with Gasteiger partial charge in [0.2, 0.25) is 0 Å². The maximum absolute atomic E-state index is 7.38. The van der Waals surface area contributed by atoms with Crippen molar-refractivity contribution in [2.45, 2.75) is 26.4 Å². The summed E-state index contributed by atoms with van der Waals surface area (Å²) in [4.78, 5) is 0. The van der Waals surface area contributed by atoms with E-state index >= 15 is 0 Å². The molecule has 0 bridgehead atoms. The van der Waals surface area contributed by atoms with Gasteiger partial charge in [-0.05, 0) is 31.0 Å². The van der Waals surface area contributed by atoms with Crippen molar-refractivity contribution in [3.63, 3.8) is 0 Å². The minimum Gasteiger partial charge on any atom is -0.493 e. The second-order valence-corrected chi connectivity index (χ2v) is 3.62. The third kappa shape index (κ3) is 2.89. The van der Waals surface area contributed by atoms with Crippen LogP contribution in [0.15, 0.2) is 18.2 Å². The predicted octanol–water partition coefficient (Wildman–Crippen LogP) is 2.10. The summed E-state index contributed by atoms with van der Waals surface area (Å²) in [7, 11) is 1.59. The molecule has 0 saturated carbocycles. The highest BCUT2D eigenvalue weighted by Gasteiger charge is 2.14. The van der Waals surface area contributed by atoms with Gasteiger partial charge in [0.15, 0.2) is 17.6 Å². The van der Waals surface area contributed by atoms with E-state index in [1.807, 2.05) is 32.0 Å². The third-order valence-electron chi connectivity index (χ3n) is 2.31. The monoisotopic (exact) mass is 222 g/mol. The predicted molar refractivity (Wildman–Crippen MR) is 64.4 cm³/mol. The lowest BCUT2D eigenvalue weighted by Crippen LogP contribution is -2.32. The summed E-state index contributed by atoms with van der Waals surface area (Å²) in [6.07, 6.45) is 0.267. The van der Waals surface area contributed by atoms with Gasteiger partial charge >= 0.3 is 0 Å². The Morgan fingerprint density at radius 2 is 2.12 bits per heavy atom. The van der Waals surface area contributed by atoms with Gasteiger partial charge in [0.25, 0.3) is 0 Å². The molecule has 0 aliphatic heterocycles. The zero-order valence-electron chi connectivity index (χ0n) is 9.91. The van der Waals surface area contributed by atoms with E-state index in [4.69, 9.17) is 20.6 Å². The fraction of sp³-hybridized carbons (Fsp3) is 0.417. The van der Waals surface area contributed by atoms with E-state index in [-0.39, 0.29) is 5.84 Å². The number of ether oxygens (including phenoxy) is 2. The van der Waals surface area contributed by atoms with Crippen molar-refractivity contribution in [1.29, 1.82) is 5.41 Å². The van der Waals surface area contributed by atoms with Crippen LogP contribution in [0.2, 0.25) is 0 Å². The van der Waals surface area contributed by atoms with E-state index < -0.39 is 6.10 Å². The highest BCUT2D eigenvalue weighted by molar-refractivity contribution is 5.82. The molecule has 1 unspecified atom stereocenters. The van der Waals surface area contributed by atoms with Crippen LogP contribution in [-0.2, 0) is 0 Å². The molecule has 88 valence electrons. The minimum absolute atomic E-state index is 0.0325. The van der Waals surface area contributed by atoms with Crippen molar-refractivity contribution < 1.29 is 9.47 Å². The van der Waals surface area contributed by atoms with Gasteiger partial charge in [-0.2, -0.15) is 0 Å². The van der Waals surface area contributed by atoms with Crippen LogP contribution >= 0.6 is 0 Å². The lowest BCUT2D eigenvalue weighted by atomic mass is 10.2. The number of hydrogen-bond acceptors (Lipinski definition) is 3. The lowest BCUT2D eigenvalue weighted by Gasteiger charge is -2.18. The molecule has 4 heteroatoms. The highest BCUT2D eigenvalue weighted by Crippen LogP contribution is 2.28. The molecule has 0 amide bonds. The second-order valence-electron chi connectivity index (χ2n) is 3.62. The number of rotatable bonds is 5. The molecule has 0 spiro atoms. The van der Waals surface area contributed by atoms with E-state index in [0.29, 0.717) is 17.9 Å². The Kier molecular flexibility index (Phi) is 4.17. The van der Waals surface area contributed by atoms with E-state index in [2.05, 4.69) is 0 Å². The number of benzene rings is 1. The summed E-state index contributed by atoms with van der Waals surface area (Å²) in [6, 6.07) is 5.66. The quantitative estimate of drug-likeness (QED) is 0.592. The zero-order valence-corrected chi connectivity index (χ0v) is 9.91. The molecule has 1 aromatic rings. The summed E-state index contributed by atoms with van der Waals surface area (Å²) in [5.74, 6) is 1.32. The zero-order chi connectivity index (χ0) is 12.1. The molecule has 1 aromatic carbocycles. The average molecular weight is 222 g/mol. The van der Waals surface area contributed by atoms with Crippen LogP contribution in [0, 0.1) is 12.3 Å². The molecule has 0 saturated heterocycles. The molecule has 0 aliphatic rings. The molecular formula is C12H18N2O2. The lowest BCUT2D eigenvalue weighted by molar-refractivity contribution is 0.246. The minimum atomic E-state index is -0.392. The van der Waals surface area contributed by atoms with Crippen LogP contribution in [-0.4, -0.2) is 19.0 Å². The van der Waals surface area contributed by atoms with Crippen LogP contribution in [0.3, 0.4) is 0 Å². The Hall–Kier alpha value is -1.71. The normalized spacial score (nSPS) is 11.9. The average Bonchev–Trinajstić information content (AvgIpc) is 2.26. The Bertz CT molecular complexity index is 377. The molecule has 16 heavy (non-hydrogen) atoms. The Morgan fingerprint density at radius 3 is 2.62 bits per heavy atom. The summed E-state index contributed by atoms with van der Waals surface area (Å²) in [6.45, 7) is 3.90. The van der Waals surface area contributed by atoms with Gasteiger partial charge in [-0.25, -0.2) is 0 Å². The third-order valence-corrected chi connectivity index (χ3v) is 2.31. The number of amidine groups is 1. The molecule has 0 aliphatic carbocycles. The Morgan fingerprint density at radius 1 is 1.44 bits per heavy atom.